The van der Waals surface area contributed by atoms with Crippen LogP contribution in [0.3, 0.4) is 0 Å². The Morgan fingerprint density at radius 1 is 1.00 bits per heavy atom. The predicted molar refractivity (Wildman–Crippen MR) is 107 cm³/mol. The van der Waals surface area contributed by atoms with Crippen LogP contribution in [0, 0.1) is 6.92 Å². The maximum atomic E-state index is 12.5. The number of aliphatic hydroxyl groups excluding tert-OH is 1. The van der Waals surface area contributed by atoms with E-state index in [1.54, 1.807) is 31.2 Å². The van der Waals surface area contributed by atoms with Crippen LogP contribution >= 0.6 is 0 Å². The lowest BCUT2D eigenvalue weighted by atomic mass is 10.1. The van der Waals surface area contributed by atoms with Gasteiger partial charge in [-0.2, -0.15) is 0 Å². The topological polar surface area (TPSA) is 108 Å². The summed E-state index contributed by atoms with van der Waals surface area (Å²) in [6.45, 7) is 3.86. The highest BCUT2D eigenvalue weighted by Crippen LogP contribution is 2.15. The van der Waals surface area contributed by atoms with E-state index in [0.717, 1.165) is 11.1 Å². The summed E-state index contributed by atoms with van der Waals surface area (Å²) in [6.07, 6.45) is 0.494. The number of para-hydroxylation sites is 1. The van der Waals surface area contributed by atoms with E-state index in [1.165, 1.54) is 0 Å². The largest absolute Gasteiger partial charge is 0.394 e. The summed E-state index contributed by atoms with van der Waals surface area (Å²) in [5.41, 5.74) is 2.58. The molecule has 2 rings (SSSR count). The van der Waals surface area contributed by atoms with Gasteiger partial charge in [0, 0.05) is 6.54 Å². The Balaban J connectivity index is 2.03. The van der Waals surface area contributed by atoms with Gasteiger partial charge in [-0.3, -0.25) is 14.4 Å². The number of nitrogens with one attached hydrogen (secondary N) is 3. The molecule has 0 aliphatic carbocycles. The van der Waals surface area contributed by atoms with E-state index in [2.05, 4.69) is 16.0 Å². The lowest BCUT2D eigenvalue weighted by Gasteiger charge is -2.15. The minimum absolute atomic E-state index is 0.237. The number of aryl methyl sites for hydroxylation is 1. The van der Waals surface area contributed by atoms with Crippen molar-refractivity contribution in [1.29, 1.82) is 0 Å². The fraction of sp³-hybridized carbons (Fsp3) is 0.286. The maximum Gasteiger partial charge on any atom is 0.313 e. The number of benzene rings is 2. The van der Waals surface area contributed by atoms with Crippen LogP contribution in [0.5, 0.6) is 0 Å². The number of anilines is 1. The average molecular weight is 383 g/mol. The highest BCUT2D eigenvalue weighted by Gasteiger charge is 2.19. The molecule has 0 saturated carbocycles. The summed E-state index contributed by atoms with van der Waals surface area (Å²) < 4.78 is 0. The molecular weight excluding hydrogens is 358 g/mol. The van der Waals surface area contributed by atoms with Gasteiger partial charge in [-0.05, 0) is 31.0 Å². The average Bonchev–Trinajstić information content (AvgIpc) is 2.71. The van der Waals surface area contributed by atoms with Gasteiger partial charge in [-0.1, -0.05) is 48.9 Å². The van der Waals surface area contributed by atoms with E-state index < -0.39 is 17.9 Å². The van der Waals surface area contributed by atoms with Gasteiger partial charge >= 0.3 is 11.8 Å². The van der Waals surface area contributed by atoms with E-state index >= 15 is 0 Å². The van der Waals surface area contributed by atoms with Gasteiger partial charge in [0.25, 0.3) is 5.91 Å². The number of aliphatic hydroxyl groups is 1. The lowest BCUT2D eigenvalue weighted by Crippen LogP contribution is -2.43. The molecule has 7 nitrogen and oxygen atoms in total. The highest BCUT2D eigenvalue weighted by atomic mass is 16.3. The van der Waals surface area contributed by atoms with Crippen LogP contribution in [0.15, 0.2) is 48.5 Å². The Bertz CT molecular complexity index is 830. The monoisotopic (exact) mass is 383 g/mol. The molecule has 4 N–H and O–H groups in total. The third kappa shape index (κ3) is 5.92. The molecule has 0 spiro atoms. The summed E-state index contributed by atoms with van der Waals surface area (Å²) in [7, 11) is 0. The van der Waals surface area contributed by atoms with Crippen LogP contribution in [0.25, 0.3) is 0 Å². The summed E-state index contributed by atoms with van der Waals surface area (Å²) in [4.78, 5) is 36.6. The van der Waals surface area contributed by atoms with Gasteiger partial charge in [0.2, 0.25) is 0 Å². The second-order valence-electron chi connectivity index (χ2n) is 6.43. The van der Waals surface area contributed by atoms with Gasteiger partial charge in [0.05, 0.1) is 23.9 Å². The SMILES string of the molecule is CC[C@@H](CO)NC(=O)C(=O)Nc1ccccc1C(=O)NCc1ccc(C)cc1. The zero-order valence-corrected chi connectivity index (χ0v) is 16.0. The van der Waals surface area contributed by atoms with Crippen LogP contribution in [-0.2, 0) is 16.1 Å². The normalized spacial score (nSPS) is 11.4. The van der Waals surface area contributed by atoms with Gasteiger partial charge in [-0.25, -0.2) is 0 Å². The van der Waals surface area contributed by atoms with E-state index in [0.29, 0.717) is 13.0 Å². The van der Waals surface area contributed by atoms with E-state index in [1.807, 2.05) is 31.2 Å². The number of carbonyl (C=O) groups excluding carboxylic acids is 3. The Morgan fingerprint density at radius 3 is 2.32 bits per heavy atom. The molecule has 0 aliphatic rings. The van der Waals surface area contributed by atoms with Crippen molar-refractivity contribution in [2.24, 2.45) is 0 Å². The quantitative estimate of drug-likeness (QED) is 0.546. The third-order valence-corrected chi connectivity index (χ3v) is 4.25. The van der Waals surface area contributed by atoms with Crippen molar-refractivity contribution in [2.75, 3.05) is 11.9 Å². The first-order valence-corrected chi connectivity index (χ1v) is 9.10. The molecule has 0 fully saturated rings. The van der Waals surface area contributed by atoms with E-state index in [9.17, 15) is 14.4 Å². The van der Waals surface area contributed by atoms with Crippen LogP contribution in [0.4, 0.5) is 5.69 Å². The molecule has 0 radical (unpaired) electrons. The van der Waals surface area contributed by atoms with Crippen molar-refractivity contribution in [2.45, 2.75) is 32.9 Å². The highest BCUT2D eigenvalue weighted by molar-refractivity contribution is 6.40. The van der Waals surface area contributed by atoms with Crippen molar-refractivity contribution < 1.29 is 19.5 Å². The second kappa shape index (κ2) is 10.2. The van der Waals surface area contributed by atoms with Crippen LogP contribution in [0.2, 0.25) is 0 Å². The second-order valence-corrected chi connectivity index (χ2v) is 6.43. The van der Waals surface area contributed by atoms with Crippen molar-refractivity contribution in [3.8, 4) is 0 Å². The molecule has 0 aromatic heterocycles. The third-order valence-electron chi connectivity index (χ3n) is 4.25. The Morgan fingerprint density at radius 2 is 1.68 bits per heavy atom. The minimum Gasteiger partial charge on any atom is -0.394 e. The smallest absolute Gasteiger partial charge is 0.313 e. The standard InChI is InChI=1S/C21H25N3O4/c1-3-16(13-25)23-20(27)21(28)24-18-7-5-4-6-17(18)19(26)22-12-15-10-8-14(2)9-11-15/h4-11,16,25H,3,12-13H2,1-2H3,(H,22,26)(H,23,27)(H,24,28)/t16-/m0/s1. The first-order chi connectivity index (χ1) is 13.4. The number of carbonyl (C=O) groups is 3. The molecule has 7 heteroatoms. The number of hydrogen-bond donors (Lipinski definition) is 4. The zero-order chi connectivity index (χ0) is 20.5. The Labute approximate surface area is 164 Å². The summed E-state index contributed by atoms with van der Waals surface area (Å²) in [5.74, 6) is -2.12. The van der Waals surface area contributed by atoms with Gasteiger partial charge < -0.3 is 21.1 Å². The number of rotatable bonds is 7. The van der Waals surface area contributed by atoms with Crippen molar-refractivity contribution in [3.63, 3.8) is 0 Å². The first-order valence-electron chi connectivity index (χ1n) is 9.10. The molecule has 0 unspecified atom stereocenters. The molecule has 0 heterocycles. The Kier molecular flexibility index (Phi) is 7.71. The zero-order valence-electron chi connectivity index (χ0n) is 16.0. The maximum absolute atomic E-state index is 12.5. The fourth-order valence-electron chi connectivity index (χ4n) is 2.48. The van der Waals surface area contributed by atoms with Crippen molar-refractivity contribution >= 4 is 23.4 Å². The van der Waals surface area contributed by atoms with Crippen molar-refractivity contribution in [1.82, 2.24) is 10.6 Å². The number of hydrogen-bond acceptors (Lipinski definition) is 4. The van der Waals surface area contributed by atoms with Gasteiger partial charge in [0.1, 0.15) is 0 Å². The molecule has 1 atom stereocenters. The fourth-order valence-corrected chi connectivity index (χ4v) is 2.48. The molecule has 148 valence electrons. The van der Waals surface area contributed by atoms with Crippen molar-refractivity contribution in [3.05, 3.63) is 65.2 Å². The Hall–Kier alpha value is -3.19. The first kappa shape index (κ1) is 21.1. The molecule has 3 amide bonds. The van der Waals surface area contributed by atoms with E-state index in [-0.39, 0.29) is 23.8 Å². The molecule has 2 aromatic rings. The van der Waals surface area contributed by atoms with Crippen LogP contribution in [0.1, 0.15) is 34.8 Å². The molecule has 0 bridgehead atoms. The van der Waals surface area contributed by atoms with Crippen LogP contribution < -0.4 is 16.0 Å². The molecule has 28 heavy (non-hydrogen) atoms. The van der Waals surface area contributed by atoms with E-state index in [4.69, 9.17) is 5.11 Å². The van der Waals surface area contributed by atoms with Gasteiger partial charge in [-0.15, -0.1) is 0 Å². The molecule has 2 aromatic carbocycles. The minimum atomic E-state index is -0.898. The predicted octanol–water partition coefficient (Wildman–Crippen LogP) is 1.75. The van der Waals surface area contributed by atoms with Crippen LogP contribution in [-0.4, -0.2) is 35.5 Å². The molecule has 0 saturated heterocycles. The number of amides is 3. The lowest BCUT2D eigenvalue weighted by molar-refractivity contribution is -0.136. The summed E-state index contributed by atoms with van der Waals surface area (Å²) in [6, 6.07) is 13.7. The summed E-state index contributed by atoms with van der Waals surface area (Å²) in [5, 5.41) is 16.8. The molecular formula is C21H25N3O4. The van der Waals surface area contributed by atoms with Gasteiger partial charge in [0.15, 0.2) is 0 Å². The summed E-state index contributed by atoms with van der Waals surface area (Å²) >= 11 is 0. The molecule has 0 aliphatic heterocycles.